The van der Waals surface area contributed by atoms with Crippen molar-refractivity contribution < 1.29 is 41.8 Å². The lowest BCUT2D eigenvalue weighted by molar-refractivity contribution is -0.170. The zero-order valence-corrected chi connectivity index (χ0v) is 23.4. The van der Waals surface area contributed by atoms with E-state index in [0.29, 0.717) is 0 Å². The van der Waals surface area contributed by atoms with Crippen molar-refractivity contribution in [3.8, 4) is 5.75 Å². The van der Waals surface area contributed by atoms with Crippen molar-refractivity contribution in [1.29, 1.82) is 0 Å². The zero-order valence-electron chi connectivity index (χ0n) is 22.5. The Bertz CT molecular complexity index is 1510. The smallest absolute Gasteiger partial charge is 0.459 e. The van der Waals surface area contributed by atoms with E-state index in [9.17, 15) is 28.0 Å². The third-order valence-corrected chi connectivity index (χ3v) is 7.87. The van der Waals surface area contributed by atoms with Crippen LogP contribution in [-0.2, 0) is 23.4 Å². The number of nitrogens with one attached hydrogen (secondary N) is 1. The molecule has 3 aromatic rings. The zero-order chi connectivity index (χ0) is 29.9. The number of halogens is 2. The Morgan fingerprint density at radius 1 is 1.24 bits per heavy atom. The number of esters is 1. The largest absolute Gasteiger partial charge is 0.462 e. The Labute approximate surface area is 234 Å². The van der Waals surface area contributed by atoms with Gasteiger partial charge in [0.1, 0.15) is 23.7 Å². The van der Waals surface area contributed by atoms with Crippen LogP contribution >= 0.6 is 7.75 Å². The van der Waals surface area contributed by atoms with Gasteiger partial charge in [-0.25, -0.2) is 18.1 Å². The molecule has 41 heavy (non-hydrogen) atoms. The average molecular weight is 597 g/mol. The van der Waals surface area contributed by atoms with E-state index < -0.39 is 68.9 Å². The summed E-state index contributed by atoms with van der Waals surface area (Å²) in [7, 11) is -4.58. The van der Waals surface area contributed by atoms with Crippen LogP contribution < -0.4 is 21.0 Å². The first-order valence-corrected chi connectivity index (χ1v) is 14.2. The number of anilines is 1. The second kappa shape index (κ2) is 12.2. The van der Waals surface area contributed by atoms with E-state index in [0.717, 1.165) is 21.5 Å². The summed E-state index contributed by atoms with van der Waals surface area (Å²) in [6.45, 7) is 3.55. The summed E-state index contributed by atoms with van der Waals surface area (Å²) in [6, 6.07) is 12.1. The van der Waals surface area contributed by atoms with Crippen LogP contribution in [0.4, 0.5) is 14.6 Å². The third-order valence-electron chi connectivity index (χ3n) is 6.25. The first-order valence-electron chi connectivity index (χ1n) is 12.7. The first-order chi connectivity index (χ1) is 19.3. The van der Waals surface area contributed by atoms with Crippen molar-refractivity contribution in [3.05, 3.63) is 65.2 Å². The fourth-order valence-electron chi connectivity index (χ4n) is 4.25. The summed E-state index contributed by atoms with van der Waals surface area (Å²) in [5, 5.41) is 14.6. The number of aliphatic hydroxyl groups is 1. The van der Waals surface area contributed by atoms with E-state index in [4.69, 9.17) is 24.3 Å². The number of aromatic nitrogens is 2. The maximum absolute atomic E-state index is 14.5. The number of hydrogen-bond acceptors (Lipinski definition) is 10. The molecular formula is C26H31F2N4O8P. The Hall–Kier alpha value is -3.42. The van der Waals surface area contributed by atoms with Crippen molar-refractivity contribution in [2.24, 2.45) is 0 Å². The van der Waals surface area contributed by atoms with Gasteiger partial charge in [0.25, 0.3) is 6.43 Å². The van der Waals surface area contributed by atoms with Crippen LogP contribution in [0, 0.1) is 0 Å². The summed E-state index contributed by atoms with van der Waals surface area (Å²) in [6.07, 6.45) is -6.40. The van der Waals surface area contributed by atoms with Gasteiger partial charge in [-0.2, -0.15) is 10.1 Å². The summed E-state index contributed by atoms with van der Waals surface area (Å²) >= 11 is 0. The molecule has 0 amide bonds. The van der Waals surface area contributed by atoms with Crippen LogP contribution in [0.2, 0.25) is 0 Å². The topological polar surface area (TPSA) is 164 Å². The van der Waals surface area contributed by atoms with Crippen molar-refractivity contribution >= 4 is 30.3 Å². The minimum absolute atomic E-state index is 0.0693. The number of rotatable bonds is 11. The van der Waals surface area contributed by atoms with Crippen LogP contribution in [0.15, 0.2) is 59.5 Å². The maximum Gasteiger partial charge on any atom is 0.459 e. The Morgan fingerprint density at radius 2 is 1.95 bits per heavy atom. The third kappa shape index (κ3) is 7.08. The molecule has 2 heterocycles. The van der Waals surface area contributed by atoms with Crippen molar-refractivity contribution in [3.63, 3.8) is 0 Å². The maximum atomic E-state index is 14.5. The lowest BCUT2D eigenvalue weighted by atomic mass is 10.0. The minimum Gasteiger partial charge on any atom is -0.462 e. The van der Waals surface area contributed by atoms with E-state index in [1.807, 2.05) is 12.1 Å². The molecule has 5 unspecified atom stereocenters. The van der Waals surface area contributed by atoms with Gasteiger partial charge in [0.15, 0.2) is 11.8 Å². The summed E-state index contributed by atoms with van der Waals surface area (Å²) < 4.78 is 65.5. The van der Waals surface area contributed by atoms with Gasteiger partial charge in [-0.15, -0.1) is 0 Å². The molecule has 4 rings (SSSR count). The SMILES string of the molecule is CC(C)OC(=O)C(C)NP(=O)(OCC1(C(F)F)CC(O)C(n2ccc(N)nc2=O)O1)Oc1ccc2ccccc2c1. The number of hydrogen-bond donors (Lipinski definition) is 3. The summed E-state index contributed by atoms with van der Waals surface area (Å²) in [4.78, 5) is 28.2. The van der Waals surface area contributed by atoms with Crippen molar-refractivity contribution in [1.82, 2.24) is 14.6 Å². The summed E-state index contributed by atoms with van der Waals surface area (Å²) in [5.74, 6) is -0.817. The van der Waals surface area contributed by atoms with Crippen LogP contribution in [0.25, 0.3) is 10.8 Å². The first kappa shape index (κ1) is 30.5. The fraction of sp³-hybridized carbons (Fsp3) is 0.423. The van der Waals surface area contributed by atoms with Crippen LogP contribution in [0.5, 0.6) is 5.75 Å². The predicted octanol–water partition coefficient (Wildman–Crippen LogP) is 3.40. The number of ether oxygens (including phenoxy) is 2. The molecule has 2 aromatic carbocycles. The number of benzene rings is 2. The van der Waals surface area contributed by atoms with E-state index in [-0.39, 0.29) is 11.6 Å². The van der Waals surface area contributed by atoms with Crippen molar-refractivity contribution in [2.45, 2.75) is 63.7 Å². The molecule has 0 spiro atoms. The number of fused-ring (bicyclic) bond motifs is 1. The average Bonchev–Trinajstić information content (AvgIpc) is 3.24. The predicted molar refractivity (Wildman–Crippen MR) is 144 cm³/mol. The van der Waals surface area contributed by atoms with Gasteiger partial charge in [0.2, 0.25) is 0 Å². The highest BCUT2D eigenvalue weighted by Crippen LogP contribution is 2.49. The van der Waals surface area contributed by atoms with Gasteiger partial charge in [0.05, 0.1) is 12.7 Å². The highest BCUT2D eigenvalue weighted by Gasteiger charge is 2.55. The molecule has 15 heteroatoms. The second-order valence-corrected chi connectivity index (χ2v) is 11.6. The second-order valence-electron chi connectivity index (χ2n) is 9.90. The molecule has 12 nitrogen and oxygen atoms in total. The highest BCUT2D eigenvalue weighted by atomic mass is 31.2. The monoisotopic (exact) mass is 596 g/mol. The molecule has 0 radical (unpaired) electrons. The summed E-state index contributed by atoms with van der Waals surface area (Å²) in [5.41, 5.74) is 2.06. The molecule has 1 fully saturated rings. The van der Waals surface area contributed by atoms with Crippen LogP contribution in [-0.4, -0.2) is 57.5 Å². The van der Waals surface area contributed by atoms with Crippen LogP contribution in [0.3, 0.4) is 0 Å². The normalized spacial score (nSPS) is 23.0. The van der Waals surface area contributed by atoms with E-state index in [1.165, 1.54) is 19.1 Å². The molecule has 0 bridgehead atoms. The lowest BCUT2D eigenvalue weighted by Crippen LogP contribution is -2.44. The van der Waals surface area contributed by atoms with Crippen molar-refractivity contribution in [2.75, 3.05) is 12.3 Å². The van der Waals surface area contributed by atoms with Gasteiger partial charge in [-0.3, -0.25) is 13.9 Å². The highest BCUT2D eigenvalue weighted by molar-refractivity contribution is 7.52. The van der Waals surface area contributed by atoms with Gasteiger partial charge >= 0.3 is 19.4 Å². The fourth-order valence-corrected chi connectivity index (χ4v) is 5.79. The number of carbonyl (C=O) groups is 1. The molecule has 1 saturated heterocycles. The standard InChI is InChI=1S/C26H31F2N4O8P/c1-15(2)38-23(34)16(3)31-41(36,40-19-9-8-17-6-4-5-7-18(17)12-19)37-14-26(24(27)28)13-20(33)22(39-26)32-11-10-21(29)30-25(32)35/h4-12,15-16,20,22,24,33H,13-14H2,1-3H3,(H,31,36)(H2,29,30,35). The molecule has 1 aliphatic rings. The Kier molecular flexibility index (Phi) is 9.10. The van der Waals surface area contributed by atoms with E-state index in [1.54, 1.807) is 38.1 Å². The molecule has 222 valence electrons. The number of aliphatic hydroxyl groups excluding tert-OH is 1. The van der Waals surface area contributed by atoms with E-state index in [2.05, 4.69) is 10.1 Å². The molecule has 0 saturated carbocycles. The number of nitrogens with two attached hydrogens (primary N) is 1. The Morgan fingerprint density at radius 3 is 2.61 bits per heavy atom. The number of nitrogen functional groups attached to an aromatic ring is 1. The molecule has 1 aliphatic heterocycles. The quantitative estimate of drug-likeness (QED) is 0.220. The minimum atomic E-state index is -4.58. The molecule has 1 aromatic heterocycles. The van der Waals surface area contributed by atoms with Gasteiger partial charge in [-0.1, -0.05) is 30.3 Å². The molecule has 5 atom stereocenters. The van der Waals surface area contributed by atoms with Gasteiger partial charge < -0.3 is 24.8 Å². The number of carbonyl (C=O) groups excluding carboxylic acids is 1. The molecule has 0 aliphatic carbocycles. The van der Waals surface area contributed by atoms with Gasteiger partial charge in [-0.05, 0) is 49.7 Å². The molecule has 4 N–H and O–H groups in total. The van der Waals surface area contributed by atoms with Crippen LogP contribution in [0.1, 0.15) is 33.4 Å². The number of nitrogens with zero attached hydrogens (tertiary/aromatic N) is 2. The molecular weight excluding hydrogens is 565 g/mol. The van der Waals surface area contributed by atoms with Gasteiger partial charge in [0, 0.05) is 12.6 Å². The van der Waals surface area contributed by atoms with E-state index >= 15 is 0 Å². The lowest BCUT2D eigenvalue weighted by Gasteiger charge is -2.30. The number of alkyl halides is 2. The Balaban J connectivity index is 1.61.